The van der Waals surface area contributed by atoms with E-state index in [2.05, 4.69) is 19.2 Å². The minimum absolute atomic E-state index is 0.308. The van der Waals surface area contributed by atoms with E-state index in [4.69, 9.17) is 0 Å². The number of nitrogens with one attached hydrogen (secondary N) is 1. The Bertz CT molecular complexity index is 354. The van der Waals surface area contributed by atoms with Gasteiger partial charge in [-0.1, -0.05) is 13.8 Å². The Kier molecular flexibility index (Phi) is 4.10. The van der Waals surface area contributed by atoms with E-state index in [0.717, 1.165) is 19.3 Å². The van der Waals surface area contributed by atoms with E-state index in [-0.39, 0.29) is 0 Å². The van der Waals surface area contributed by atoms with Crippen LogP contribution in [0.25, 0.3) is 0 Å². The summed E-state index contributed by atoms with van der Waals surface area (Å²) in [5, 5.41) is 3.51. The molecule has 4 nitrogen and oxygen atoms in total. The zero-order valence-corrected chi connectivity index (χ0v) is 11.7. The highest BCUT2D eigenvalue weighted by molar-refractivity contribution is 7.89. The summed E-state index contributed by atoms with van der Waals surface area (Å²) in [7, 11) is -3.03. The van der Waals surface area contributed by atoms with Crippen LogP contribution in [0.4, 0.5) is 0 Å². The summed E-state index contributed by atoms with van der Waals surface area (Å²) < 4.78 is 26.1. The molecule has 2 aliphatic rings. The Morgan fingerprint density at radius 1 is 1.24 bits per heavy atom. The maximum atomic E-state index is 12.2. The summed E-state index contributed by atoms with van der Waals surface area (Å²) in [6, 6.07) is 0.932. The fraction of sp³-hybridized carbons (Fsp3) is 1.00. The minimum atomic E-state index is -3.03. The van der Waals surface area contributed by atoms with Gasteiger partial charge in [0.1, 0.15) is 0 Å². The third kappa shape index (κ3) is 3.42. The van der Waals surface area contributed by atoms with E-state index in [1.54, 1.807) is 4.31 Å². The SMILES string of the molecule is CC(C)CCS(=O)(=O)N1CCC2CCC(C1)N2. The average molecular weight is 260 g/mol. The van der Waals surface area contributed by atoms with Crippen LogP contribution >= 0.6 is 0 Å². The first-order valence-electron chi connectivity index (χ1n) is 6.71. The van der Waals surface area contributed by atoms with Crippen molar-refractivity contribution in [1.82, 2.24) is 9.62 Å². The molecule has 2 rings (SSSR count). The highest BCUT2D eigenvalue weighted by atomic mass is 32.2. The van der Waals surface area contributed by atoms with Crippen molar-refractivity contribution < 1.29 is 8.42 Å². The predicted octanol–water partition coefficient (Wildman–Crippen LogP) is 1.19. The second-order valence-electron chi connectivity index (χ2n) is 5.78. The Balaban J connectivity index is 1.96. The molecule has 2 fully saturated rings. The molecule has 100 valence electrons. The van der Waals surface area contributed by atoms with Gasteiger partial charge in [0.2, 0.25) is 10.0 Å². The molecule has 0 amide bonds. The molecule has 0 spiro atoms. The molecule has 0 saturated carbocycles. The Labute approximate surface area is 105 Å². The number of nitrogens with zero attached hydrogens (tertiary/aromatic N) is 1. The molecule has 2 unspecified atom stereocenters. The van der Waals surface area contributed by atoms with Gasteiger partial charge >= 0.3 is 0 Å². The fourth-order valence-corrected chi connectivity index (χ4v) is 4.50. The largest absolute Gasteiger partial charge is 0.310 e. The lowest BCUT2D eigenvalue weighted by atomic mass is 10.1. The number of fused-ring (bicyclic) bond motifs is 2. The van der Waals surface area contributed by atoms with E-state index in [9.17, 15) is 8.42 Å². The van der Waals surface area contributed by atoms with Crippen molar-refractivity contribution in [3.8, 4) is 0 Å². The van der Waals surface area contributed by atoms with Crippen LogP contribution in [0.3, 0.4) is 0 Å². The molecule has 0 aromatic rings. The van der Waals surface area contributed by atoms with Gasteiger partial charge in [-0.15, -0.1) is 0 Å². The normalized spacial score (nSPS) is 30.8. The van der Waals surface area contributed by atoms with Crippen LogP contribution in [-0.4, -0.2) is 43.6 Å². The van der Waals surface area contributed by atoms with Crippen LogP contribution in [0.1, 0.15) is 39.5 Å². The number of rotatable bonds is 4. The summed E-state index contributed by atoms with van der Waals surface area (Å²) >= 11 is 0. The molecule has 2 heterocycles. The minimum Gasteiger partial charge on any atom is -0.310 e. The topological polar surface area (TPSA) is 49.4 Å². The molecule has 0 aromatic heterocycles. The molecule has 17 heavy (non-hydrogen) atoms. The van der Waals surface area contributed by atoms with Crippen LogP contribution < -0.4 is 5.32 Å². The van der Waals surface area contributed by atoms with Gasteiger partial charge in [0.15, 0.2) is 0 Å². The zero-order valence-electron chi connectivity index (χ0n) is 10.9. The second kappa shape index (κ2) is 5.24. The van der Waals surface area contributed by atoms with Crippen LogP contribution in [0.15, 0.2) is 0 Å². The smallest absolute Gasteiger partial charge is 0.214 e. The van der Waals surface area contributed by atoms with Gasteiger partial charge in [-0.25, -0.2) is 12.7 Å². The highest BCUT2D eigenvalue weighted by Gasteiger charge is 2.33. The Morgan fingerprint density at radius 3 is 2.65 bits per heavy atom. The molecule has 2 atom stereocenters. The highest BCUT2D eigenvalue weighted by Crippen LogP contribution is 2.22. The fourth-order valence-electron chi connectivity index (χ4n) is 2.68. The first kappa shape index (κ1) is 13.3. The Morgan fingerprint density at radius 2 is 1.94 bits per heavy atom. The van der Waals surface area contributed by atoms with Crippen molar-refractivity contribution in [3.05, 3.63) is 0 Å². The van der Waals surface area contributed by atoms with E-state index >= 15 is 0 Å². The monoisotopic (exact) mass is 260 g/mol. The van der Waals surface area contributed by atoms with Gasteiger partial charge in [-0.05, 0) is 31.6 Å². The average Bonchev–Trinajstić information content (AvgIpc) is 2.55. The molecule has 2 aliphatic heterocycles. The predicted molar refractivity (Wildman–Crippen MR) is 69.4 cm³/mol. The molecule has 1 N–H and O–H groups in total. The van der Waals surface area contributed by atoms with Gasteiger partial charge in [-0.2, -0.15) is 0 Å². The maximum Gasteiger partial charge on any atom is 0.214 e. The van der Waals surface area contributed by atoms with Crippen LogP contribution in [0.5, 0.6) is 0 Å². The van der Waals surface area contributed by atoms with Crippen LogP contribution in [-0.2, 0) is 10.0 Å². The van der Waals surface area contributed by atoms with Crippen molar-refractivity contribution in [3.63, 3.8) is 0 Å². The molecular formula is C12H24N2O2S. The van der Waals surface area contributed by atoms with Gasteiger partial charge in [0.25, 0.3) is 0 Å². The first-order chi connectivity index (χ1) is 7.97. The van der Waals surface area contributed by atoms with E-state index in [0.29, 0.717) is 36.8 Å². The summed E-state index contributed by atoms with van der Waals surface area (Å²) in [5.41, 5.74) is 0. The Hall–Kier alpha value is -0.130. The van der Waals surface area contributed by atoms with Crippen molar-refractivity contribution in [2.24, 2.45) is 5.92 Å². The number of sulfonamides is 1. The van der Waals surface area contributed by atoms with Gasteiger partial charge in [0.05, 0.1) is 5.75 Å². The summed E-state index contributed by atoms with van der Waals surface area (Å²) in [5.74, 6) is 0.758. The van der Waals surface area contributed by atoms with Gasteiger partial charge < -0.3 is 5.32 Å². The zero-order chi connectivity index (χ0) is 12.5. The van der Waals surface area contributed by atoms with Crippen molar-refractivity contribution >= 4 is 10.0 Å². The lowest BCUT2D eigenvalue weighted by Crippen LogP contribution is -2.40. The molecule has 5 heteroatoms. The summed E-state index contributed by atoms with van der Waals surface area (Å²) in [6.45, 7) is 5.52. The van der Waals surface area contributed by atoms with Crippen LogP contribution in [0.2, 0.25) is 0 Å². The summed E-state index contributed by atoms with van der Waals surface area (Å²) in [4.78, 5) is 0. The van der Waals surface area contributed by atoms with Gasteiger partial charge in [-0.3, -0.25) is 0 Å². The number of hydrogen-bond donors (Lipinski definition) is 1. The third-order valence-corrected chi connectivity index (χ3v) is 5.70. The van der Waals surface area contributed by atoms with Crippen LogP contribution in [0, 0.1) is 5.92 Å². The van der Waals surface area contributed by atoms with E-state index in [1.807, 2.05) is 0 Å². The van der Waals surface area contributed by atoms with Crippen molar-refractivity contribution in [2.75, 3.05) is 18.8 Å². The molecule has 2 saturated heterocycles. The van der Waals surface area contributed by atoms with Crippen molar-refractivity contribution in [2.45, 2.75) is 51.6 Å². The molecule has 0 radical (unpaired) electrons. The standard InChI is InChI=1S/C12H24N2O2S/c1-10(2)6-8-17(15,16)14-7-5-11-3-4-12(9-14)13-11/h10-13H,3-9H2,1-2H3. The second-order valence-corrected chi connectivity index (χ2v) is 7.87. The molecule has 0 aliphatic carbocycles. The van der Waals surface area contributed by atoms with Crippen molar-refractivity contribution in [1.29, 1.82) is 0 Å². The molecule has 2 bridgehead atoms. The molecular weight excluding hydrogens is 236 g/mol. The number of hydrogen-bond acceptors (Lipinski definition) is 3. The summed E-state index contributed by atoms with van der Waals surface area (Å²) in [6.07, 6.45) is 4.07. The maximum absolute atomic E-state index is 12.2. The molecule has 0 aromatic carbocycles. The van der Waals surface area contributed by atoms with E-state index in [1.165, 1.54) is 6.42 Å². The lowest BCUT2D eigenvalue weighted by Gasteiger charge is -2.24. The van der Waals surface area contributed by atoms with Gasteiger partial charge in [0, 0.05) is 25.2 Å². The third-order valence-electron chi connectivity index (χ3n) is 3.83. The lowest BCUT2D eigenvalue weighted by molar-refractivity contribution is 0.381. The first-order valence-corrected chi connectivity index (χ1v) is 8.32. The van der Waals surface area contributed by atoms with E-state index < -0.39 is 10.0 Å². The quantitative estimate of drug-likeness (QED) is 0.826.